The van der Waals surface area contributed by atoms with E-state index < -0.39 is 10.0 Å². The quantitative estimate of drug-likeness (QED) is 0.662. The maximum Gasteiger partial charge on any atom is 0.242 e. The SMILES string of the molecule is COc1ccc(S(=O)(=O)NCc2nc(-c3cccc(C)c3)no2)cc1OC. The molecule has 27 heavy (non-hydrogen) atoms. The molecule has 2 aromatic carbocycles. The molecule has 0 saturated heterocycles. The number of methoxy groups -OCH3 is 2. The normalized spacial score (nSPS) is 11.4. The van der Waals surface area contributed by atoms with Crippen molar-refractivity contribution in [1.82, 2.24) is 14.9 Å². The van der Waals surface area contributed by atoms with E-state index in [1.807, 2.05) is 31.2 Å². The van der Waals surface area contributed by atoms with E-state index in [2.05, 4.69) is 14.9 Å². The topological polar surface area (TPSA) is 104 Å². The standard InChI is InChI=1S/C18H19N3O5S/c1-12-5-4-6-13(9-12)18-20-17(26-21-18)11-19-27(22,23)14-7-8-15(24-2)16(10-14)25-3/h4-10,19H,11H2,1-3H3. The number of aromatic nitrogens is 2. The first-order chi connectivity index (χ1) is 12.9. The van der Waals surface area contributed by atoms with Gasteiger partial charge in [-0.2, -0.15) is 4.98 Å². The Hall–Kier alpha value is -2.91. The summed E-state index contributed by atoms with van der Waals surface area (Å²) in [5.41, 5.74) is 1.86. The van der Waals surface area contributed by atoms with E-state index in [1.165, 1.54) is 32.4 Å². The minimum absolute atomic E-state index is 0.0403. The number of hydrogen-bond donors (Lipinski definition) is 1. The molecule has 0 saturated carbocycles. The maximum atomic E-state index is 12.5. The maximum absolute atomic E-state index is 12.5. The molecule has 9 heteroatoms. The van der Waals surface area contributed by atoms with E-state index >= 15 is 0 Å². The van der Waals surface area contributed by atoms with Gasteiger partial charge >= 0.3 is 0 Å². The Morgan fingerprint density at radius 1 is 1.07 bits per heavy atom. The first-order valence-electron chi connectivity index (χ1n) is 8.04. The largest absolute Gasteiger partial charge is 0.493 e. The molecule has 1 N–H and O–H groups in total. The fraction of sp³-hybridized carbons (Fsp3) is 0.222. The number of nitrogens with zero attached hydrogens (tertiary/aromatic N) is 2. The molecule has 0 radical (unpaired) electrons. The van der Waals surface area contributed by atoms with Crippen LogP contribution in [-0.2, 0) is 16.6 Å². The predicted octanol–water partition coefficient (Wildman–Crippen LogP) is 2.54. The van der Waals surface area contributed by atoms with Gasteiger partial charge < -0.3 is 14.0 Å². The summed E-state index contributed by atoms with van der Waals surface area (Å²) in [6.07, 6.45) is 0. The zero-order valence-electron chi connectivity index (χ0n) is 15.1. The number of hydrogen-bond acceptors (Lipinski definition) is 7. The zero-order chi connectivity index (χ0) is 19.4. The van der Waals surface area contributed by atoms with Crippen LogP contribution in [0.5, 0.6) is 11.5 Å². The second kappa shape index (κ2) is 7.77. The number of sulfonamides is 1. The van der Waals surface area contributed by atoms with Crippen molar-refractivity contribution in [3.05, 3.63) is 53.9 Å². The Morgan fingerprint density at radius 2 is 1.85 bits per heavy atom. The molecule has 1 heterocycles. The summed E-state index contributed by atoms with van der Waals surface area (Å²) >= 11 is 0. The second-order valence-corrected chi connectivity index (χ2v) is 7.49. The molecule has 142 valence electrons. The van der Waals surface area contributed by atoms with Crippen molar-refractivity contribution in [2.24, 2.45) is 0 Å². The molecule has 8 nitrogen and oxygen atoms in total. The lowest BCUT2D eigenvalue weighted by molar-refractivity contribution is 0.353. The highest BCUT2D eigenvalue weighted by Gasteiger charge is 2.18. The average molecular weight is 389 g/mol. The highest BCUT2D eigenvalue weighted by atomic mass is 32.2. The number of nitrogens with one attached hydrogen (secondary N) is 1. The third-order valence-corrected chi connectivity index (χ3v) is 5.22. The van der Waals surface area contributed by atoms with Gasteiger partial charge in [0.2, 0.25) is 21.7 Å². The summed E-state index contributed by atoms with van der Waals surface area (Å²) < 4.78 is 42.8. The van der Waals surface area contributed by atoms with Gasteiger partial charge in [-0.15, -0.1) is 0 Å². The van der Waals surface area contributed by atoms with E-state index in [0.29, 0.717) is 17.3 Å². The lowest BCUT2D eigenvalue weighted by Crippen LogP contribution is -2.23. The van der Waals surface area contributed by atoms with Crippen LogP contribution in [0.3, 0.4) is 0 Å². The second-order valence-electron chi connectivity index (χ2n) is 5.72. The molecule has 1 aromatic heterocycles. The molecular weight excluding hydrogens is 370 g/mol. The molecule has 0 spiro atoms. The van der Waals surface area contributed by atoms with Gasteiger partial charge in [0.25, 0.3) is 0 Å². The summed E-state index contributed by atoms with van der Waals surface area (Å²) in [6, 6.07) is 12.0. The first-order valence-corrected chi connectivity index (χ1v) is 9.52. The van der Waals surface area contributed by atoms with Gasteiger partial charge in [0.15, 0.2) is 11.5 Å². The highest BCUT2D eigenvalue weighted by Crippen LogP contribution is 2.29. The summed E-state index contributed by atoms with van der Waals surface area (Å²) in [5, 5.41) is 3.89. The number of rotatable bonds is 7. The fourth-order valence-electron chi connectivity index (χ4n) is 2.45. The van der Waals surface area contributed by atoms with Crippen LogP contribution in [-0.4, -0.2) is 32.8 Å². The Balaban J connectivity index is 1.74. The molecule has 0 amide bonds. The smallest absolute Gasteiger partial charge is 0.242 e. The number of ether oxygens (including phenoxy) is 2. The van der Waals surface area contributed by atoms with Gasteiger partial charge in [-0.1, -0.05) is 28.9 Å². The summed E-state index contributed by atoms with van der Waals surface area (Å²) in [4.78, 5) is 4.27. The fourth-order valence-corrected chi connectivity index (χ4v) is 3.44. The lowest BCUT2D eigenvalue weighted by atomic mass is 10.1. The van der Waals surface area contributed by atoms with E-state index in [4.69, 9.17) is 14.0 Å². The van der Waals surface area contributed by atoms with Crippen LogP contribution in [0.15, 0.2) is 51.9 Å². The summed E-state index contributed by atoms with van der Waals surface area (Å²) in [5.74, 6) is 1.32. The van der Waals surface area contributed by atoms with Gasteiger partial charge in [0, 0.05) is 11.6 Å². The number of aryl methyl sites for hydroxylation is 1. The Bertz CT molecular complexity index is 1050. The highest BCUT2D eigenvalue weighted by molar-refractivity contribution is 7.89. The molecule has 0 bridgehead atoms. The van der Waals surface area contributed by atoms with Crippen LogP contribution in [0.4, 0.5) is 0 Å². The van der Waals surface area contributed by atoms with Crippen LogP contribution in [0.25, 0.3) is 11.4 Å². The van der Waals surface area contributed by atoms with Crippen molar-refractivity contribution < 1.29 is 22.4 Å². The van der Waals surface area contributed by atoms with Crippen molar-refractivity contribution >= 4 is 10.0 Å². The van der Waals surface area contributed by atoms with Crippen molar-refractivity contribution in [2.45, 2.75) is 18.4 Å². The zero-order valence-corrected chi connectivity index (χ0v) is 15.9. The molecule has 0 aliphatic rings. The molecule has 0 aliphatic carbocycles. The van der Waals surface area contributed by atoms with Crippen molar-refractivity contribution in [3.63, 3.8) is 0 Å². The summed E-state index contributed by atoms with van der Waals surface area (Å²) in [7, 11) is -0.876. The first kappa shape index (κ1) is 18.9. The van der Waals surface area contributed by atoms with Gasteiger partial charge in [-0.3, -0.25) is 0 Å². The van der Waals surface area contributed by atoms with Gasteiger partial charge in [-0.05, 0) is 25.1 Å². The van der Waals surface area contributed by atoms with Crippen LogP contribution >= 0.6 is 0 Å². The van der Waals surface area contributed by atoms with E-state index in [9.17, 15) is 8.42 Å². The van der Waals surface area contributed by atoms with E-state index in [0.717, 1.165) is 11.1 Å². The van der Waals surface area contributed by atoms with Gasteiger partial charge in [0.1, 0.15) is 0 Å². The monoisotopic (exact) mass is 389 g/mol. The van der Waals surface area contributed by atoms with Crippen molar-refractivity contribution in [1.29, 1.82) is 0 Å². The molecule has 3 rings (SSSR count). The van der Waals surface area contributed by atoms with Crippen LogP contribution in [0.1, 0.15) is 11.5 Å². The van der Waals surface area contributed by atoms with E-state index in [1.54, 1.807) is 0 Å². The Labute approximate surface area is 157 Å². The molecule has 3 aromatic rings. The summed E-state index contributed by atoms with van der Waals surface area (Å²) in [6.45, 7) is 1.83. The predicted molar refractivity (Wildman–Crippen MR) is 98.0 cm³/mol. The minimum Gasteiger partial charge on any atom is -0.493 e. The molecular formula is C18H19N3O5S. The lowest BCUT2D eigenvalue weighted by Gasteiger charge is -2.10. The average Bonchev–Trinajstić information content (AvgIpc) is 3.15. The van der Waals surface area contributed by atoms with E-state index in [-0.39, 0.29) is 17.3 Å². The third-order valence-electron chi connectivity index (χ3n) is 3.82. The third kappa shape index (κ3) is 4.26. The van der Waals surface area contributed by atoms with Crippen LogP contribution < -0.4 is 14.2 Å². The van der Waals surface area contributed by atoms with Crippen LogP contribution in [0, 0.1) is 6.92 Å². The molecule has 0 atom stereocenters. The van der Waals surface area contributed by atoms with Crippen molar-refractivity contribution in [3.8, 4) is 22.9 Å². The molecule has 0 fully saturated rings. The van der Waals surface area contributed by atoms with Crippen molar-refractivity contribution in [2.75, 3.05) is 14.2 Å². The Morgan fingerprint density at radius 3 is 2.56 bits per heavy atom. The molecule has 0 unspecified atom stereocenters. The number of benzene rings is 2. The van der Waals surface area contributed by atoms with Crippen LogP contribution in [0.2, 0.25) is 0 Å². The minimum atomic E-state index is -3.79. The van der Waals surface area contributed by atoms with Gasteiger partial charge in [-0.25, -0.2) is 13.1 Å². The van der Waals surface area contributed by atoms with Gasteiger partial charge in [0.05, 0.1) is 25.7 Å². The molecule has 0 aliphatic heterocycles. The Kier molecular flexibility index (Phi) is 5.43.